The van der Waals surface area contributed by atoms with E-state index in [0.717, 1.165) is 20.7 Å². The summed E-state index contributed by atoms with van der Waals surface area (Å²) in [5.74, 6) is 1.62. The molecule has 0 saturated heterocycles. The van der Waals surface area contributed by atoms with Gasteiger partial charge in [-0.3, -0.25) is 0 Å². The summed E-state index contributed by atoms with van der Waals surface area (Å²) in [6.07, 6.45) is 2.89. The number of thioether (sulfide) groups is 1. The summed E-state index contributed by atoms with van der Waals surface area (Å²) in [5.41, 5.74) is 2.30. The van der Waals surface area contributed by atoms with E-state index < -0.39 is 0 Å². The molecular formula is C20H22BrN7S. The molecule has 29 heavy (non-hydrogen) atoms. The predicted octanol–water partition coefficient (Wildman–Crippen LogP) is 5.66. The van der Waals surface area contributed by atoms with Gasteiger partial charge >= 0.3 is 0 Å². The van der Waals surface area contributed by atoms with Gasteiger partial charge in [0.2, 0.25) is 5.95 Å². The molecule has 3 rings (SSSR count). The minimum Gasteiger partial charge on any atom is -0.386 e. The van der Waals surface area contributed by atoms with E-state index in [4.69, 9.17) is 5.41 Å². The minimum absolute atomic E-state index is 0.408. The maximum absolute atomic E-state index is 7.52. The highest BCUT2D eigenvalue weighted by atomic mass is 79.9. The van der Waals surface area contributed by atoms with Gasteiger partial charge in [-0.15, -0.1) is 11.8 Å². The number of rotatable bonds is 8. The van der Waals surface area contributed by atoms with Crippen LogP contribution in [0.25, 0.3) is 0 Å². The van der Waals surface area contributed by atoms with E-state index in [9.17, 15) is 0 Å². The first kappa shape index (κ1) is 21.1. The van der Waals surface area contributed by atoms with Crippen molar-refractivity contribution in [3.63, 3.8) is 0 Å². The van der Waals surface area contributed by atoms with Gasteiger partial charge in [0.25, 0.3) is 0 Å². The zero-order valence-electron chi connectivity index (χ0n) is 16.3. The number of aromatic nitrogens is 3. The van der Waals surface area contributed by atoms with Crippen LogP contribution >= 0.6 is 27.7 Å². The second-order valence-electron chi connectivity index (χ2n) is 6.33. The molecule has 0 saturated carbocycles. The fourth-order valence-corrected chi connectivity index (χ4v) is 3.75. The van der Waals surface area contributed by atoms with Crippen LogP contribution in [-0.4, -0.2) is 33.5 Å². The van der Waals surface area contributed by atoms with Crippen LogP contribution in [0.3, 0.4) is 0 Å². The van der Waals surface area contributed by atoms with E-state index in [2.05, 4.69) is 66.7 Å². The lowest BCUT2D eigenvalue weighted by Crippen LogP contribution is -2.05. The molecular weight excluding hydrogens is 450 g/mol. The molecule has 2 heterocycles. The minimum atomic E-state index is 0.408. The van der Waals surface area contributed by atoms with Gasteiger partial charge in [0.1, 0.15) is 17.3 Å². The zero-order valence-corrected chi connectivity index (χ0v) is 18.7. The number of hydrogen-bond acceptors (Lipinski definition) is 8. The number of hydrogen-bond donors (Lipinski definition) is 4. The van der Waals surface area contributed by atoms with Crippen molar-refractivity contribution < 1.29 is 0 Å². The van der Waals surface area contributed by atoms with Crippen molar-refractivity contribution in [2.45, 2.75) is 24.0 Å². The Balaban J connectivity index is 1.85. The van der Waals surface area contributed by atoms with Crippen molar-refractivity contribution in [1.29, 1.82) is 5.41 Å². The van der Waals surface area contributed by atoms with Gasteiger partial charge in [-0.05, 0) is 40.2 Å². The average molecular weight is 472 g/mol. The van der Waals surface area contributed by atoms with Crippen molar-refractivity contribution in [3.05, 3.63) is 52.8 Å². The molecule has 3 aromatic rings. The van der Waals surface area contributed by atoms with Crippen molar-refractivity contribution in [2.75, 3.05) is 23.0 Å². The van der Waals surface area contributed by atoms with Gasteiger partial charge in [-0.25, -0.2) is 9.97 Å². The largest absolute Gasteiger partial charge is 0.386 e. The van der Waals surface area contributed by atoms with Crippen LogP contribution in [0.5, 0.6) is 0 Å². The standard InChI is InChI=1S/C20H22BrN7S/c1-12(2)29-17-7-5-4-6-15(17)26-19-13(21)11-24-20(28-19)27-18-9-8-14(23-3)16(10-22)25-18/h4-12,22-23H,1-3H3,(H2,24,25,26,27,28). The first-order chi connectivity index (χ1) is 14.0. The molecule has 0 amide bonds. The molecule has 0 aliphatic carbocycles. The third-order valence-electron chi connectivity index (χ3n) is 3.82. The molecule has 0 spiro atoms. The summed E-state index contributed by atoms with van der Waals surface area (Å²) >= 11 is 5.31. The maximum Gasteiger partial charge on any atom is 0.230 e. The van der Waals surface area contributed by atoms with Crippen LogP contribution in [0.1, 0.15) is 19.5 Å². The van der Waals surface area contributed by atoms with Gasteiger partial charge in [0.15, 0.2) is 0 Å². The molecule has 1 aromatic carbocycles. The lowest BCUT2D eigenvalue weighted by Gasteiger charge is -2.14. The summed E-state index contributed by atoms with van der Waals surface area (Å²) in [4.78, 5) is 14.5. The second kappa shape index (κ2) is 9.71. The molecule has 4 N–H and O–H groups in total. The van der Waals surface area contributed by atoms with E-state index in [1.54, 1.807) is 25.0 Å². The van der Waals surface area contributed by atoms with E-state index in [-0.39, 0.29) is 0 Å². The molecule has 0 radical (unpaired) electrons. The van der Waals surface area contributed by atoms with Crippen LogP contribution in [-0.2, 0) is 0 Å². The first-order valence-electron chi connectivity index (χ1n) is 9.01. The second-order valence-corrected chi connectivity index (χ2v) is 8.80. The first-order valence-corrected chi connectivity index (χ1v) is 10.7. The van der Waals surface area contributed by atoms with Crippen molar-refractivity contribution >= 4 is 62.9 Å². The zero-order chi connectivity index (χ0) is 20.8. The monoisotopic (exact) mass is 471 g/mol. The van der Waals surface area contributed by atoms with Gasteiger partial charge in [0.05, 0.1) is 15.8 Å². The Morgan fingerprint density at radius 1 is 1.07 bits per heavy atom. The molecule has 0 aliphatic heterocycles. The van der Waals surface area contributed by atoms with Crippen molar-refractivity contribution in [1.82, 2.24) is 15.0 Å². The van der Waals surface area contributed by atoms with Crippen LogP contribution < -0.4 is 16.0 Å². The molecule has 7 nitrogen and oxygen atoms in total. The predicted molar refractivity (Wildman–Crippen MR) is 125 cm³/mol. The molecule has 2 aromatic heterocycles. The molecule has 150 valence electrons. The fraction of sp³-hybridized carbons (Fsp3) is 0.200. The Kier molecular flexibility index (Phi) is 7.05. The molecule has 0 atom stereocenters. The summed E-state index contributed by atoms with van der Waals surface area (Å²) < 4.78 is 0.756. The third kappa shape index (κ3) is 5.45. The van der Waals surface area contributed by atoms with Gasteiger partial charge in [-0.2, -0.15) is 4.98 Å². The Hall–Kier alpha value is -2.65. The van der Waals surface area contributed by atoms with E-state index in [1.165, 1.54) is 6.21 Å². The Morgan fingerprint density at radius 2 is 1.86 bits per heavy atom. The average Bonchev–Trinajstić information content (AvgIpc) is 2.71. The van der Waals surface area contributed by atoms with E-state index >= 15 is 0 Å². The summed E-state index contributed by atoms with van der Waals surface area (Å²) in [7, 11) is 1.79. The van der Waals surface area contributed by atoms with Crippen LogP contribution in [0.2, 0.25) is 0 Å². The Labute approximate surface area is 182 Å². The topological polar surface area (TPSA) is 98.6 Å². The Morgan fingerprint density at radius 3 is 2.59 bits per heavy atom. The van der Waals surface area contributed by atoms with E-state index in [0.29, 0.717) is 28.5 Å². The smallest absolute Gasteiger partial charge is 0.230 e. The van der Waals surface area contributed by atoms with Crippen molar-refractivity contribution in [3.8, 4) is 0 Å². The highest BCUT2D eigenvalue weighted by molar-refractivity contribution is 9.10. The normalized spacial score (nSPS) is 10.7. The SMILES string of the molecule is CNc1ccc(Nc2ncc(Br)c(Nc3ccccc3SC(C)C)n2)nc1C=N. The molecule has 0 fully saturated rings. The number of para-hydroxylation sites is 1. The number of nitrogens with one attached hydrogen (secondary N) is 4. The number of benzene rings is 1. The lowest BCUT2D eigenvalue weighted by molar-refractivity contribution is 1.11. The number of pyridine rings is 1. The Bertz CT molecular complexity index is 1010. The quantitative estimate of drug-likeness (QED) is 0.248. The number of halogens is 1. The fourth-order valence-electron chi connectivity index (χ4n) is 2.55. The molecule has 0 unspecified atom stereocenters. The van der Waals surface area contributed by atoms with Crippen LogP contribution in [0.15, 0.2) is 52.0 Å². The van der Waals surface area contributed by atoms with Gasteiger partial charge < -0.3 is 21.4 Å². The molecule has 9 heteroatoms. The summed E-state index contributed by atoms with van der Waals surface area (Å²) in [5, 5.41) is 17.5. The highest BCUT2D eigenvalue weighted by Gasteiger charge is 2.11. The lowest BCUT2D eigenvalue weighted by atomic mass is 10.3. The van der Waals surface area contributed by atoms with Crippen LogP contribution in [0, 0.1) is 5.41 Å². The highest BCUT2D eigenvalue weighted by Crippen LogP contribution is 2.33. The number of anilines is 5. The maximum atomic E-state index is 7.52. The molecule has 0 bridgehead atoms. The van der Waals surface area contributed by atoms with E-state index in [1.807, 2.05) is 30.3 Å². The summed E-state index contributed by atoms with van der Waals surface area (Å²) in [6, 6.07) is 11.8. The van der Waals surface area contributed by atoms with Gasteiger partial charge in [-0.1, -0.05) is 26.0 Å². The van der Waals surface area contributed by atoms with Crippen LogP contribution in [0.4, 0.5) is 29.0 Å². The van der Waals surface area contributed by atoms with Gasteiger partial charge in [0, 0.05) is 29.6 Å². The summed E-state index contributed by atoms with van der Waals surface area (Å²) in [6.45, 7) is 4.33. The van der Waals surface area contributed by atoms with Crippen molar-refractivity contribution in [2.24, 2.45) is 0 Å². The number of nitrogens with zero attached hydrogens (tertiary/aromatic N) is 3. The molecule has 0 aliphatic rings. The third-order valence-corrected chi connectivity index (χ3v) is 5.48.